The van der Waals surface area contributed by atoms with E-state index in [0.29, 0.717) is 12.8 Å². The summed E-state index contributed by atoms with van der Waals surface area (Å²) in [7, 11) is 0. The summed E-state index contributed by atoms with van der Waals surface area (Å²) in [4.78, 5) is 11.2. The fraction of sp³-hybridized carbons (Fsp3) is 0.526. The minimum Gasteiger partial charge on any atom is -0.480 e. The zero-order valence-electron chi connectivity index (χ0n) is 13.3. The molecule has 1 aromatic carbocycles. The second-order valence-corrected chi connectivity index (χ2v) is 6.29. The van der Waals surface area contributed by atoms with Gasteiger partial charge in [-0.05, 0) is 49.3 Å². The lowest BCUT2D eigenvalue weighted by Gasteiger charge is -2.18. The Balaban J connectivity index is 2.02. The monoisotopic (exact) mass is 299 g/mol. The van der Waals surface area contributed by atoms with Crippen LogP contribution in [0, 0.1) is 11.8 Å². The topological polar surface area (TPSA) is 63.3 Å². The lowest BCUT2D eigenvalue weighted by Crippen LogP contribution is -2.45. The standard InChI is InChI=1S/C19H25NO2/c1-2-3-4-5-6-8-15-9-7-10-16(13-15)17-11-12-19(20,14-17)18(21)22/h7,9-10,13,17H,2-5,11-12,14,20H2,1H3,(H,21,22)/t17-,19?/m0/s1. The molecule has 1 aliphatic carbocycles. The molecular formula is C19H25NO2. The maximum Gasteiger partial charge on any atom is 0.323 e. The number of carboxylic acids is 1. The quantitative estimate of drug-likeness (QED) is 0.644. The van der Waals surface area contributed by atoms with Crippen molar-refractivity contribution in [3.05, 3.63) is 35.4 Å². The van der Waals surface area contributed by atoms with Crippen LogP contribution in [0.5, 0.6) is 0 Å². The first-order valence-electron chi connectivity index (χ1n) is 8.16. The van der Waals surface area contributed by atoms with E-state index in [4.69, 9.17) is 5.73 Å². The molecular weight excluding hydrogens is 274 g/mol. The third kappa shape index (κ3) is 4.11. The number of hydrogen-bond acceptors (Lipinski definition) is 2. The van der Waals surface area contributed by atoms with Gasteiger partial charge in [-0.1, -0.05) is 43.7 Å². The van der Waals surface area contributed by atoms with Crippen molar-refractivity contribution >= 4 is 5.97 Å². The molecule has 2 atom stereocenters. The van der Waals surface area contributed by atoms with Gasteiger partial charge in [-0.25, -0.2) is 0 Å². The van der Waals surface area contributed by atoms with Crippen LogP contribution in [0.2, 0.25) is 0 Å². The van der Waals surface area contributed by atoms with Crippen molar-refractivity contribution in [2.45, 2.75) is 63.3 Å². The lowest BCUT2D eigenvalue weighted by atomic mass is 9.92. The molecule has 0 bridgehead atoms. The highest BCUT2D eigenvalue weighted by atomic mass is 16.4. The van der Waals surface area contributed by atoms with Gasteiger partial charge in [-0.2, -0.15) is 0 Å². The molecule has 3 heteroatoms. The summed E-state index contributed by atoms with van der Waals surface area (Å²) in [6.07, 6.45) is 6.41. The highest BCUT2D eigenvalue weighted by molar-refractivity contribution is 5.79. The predicted octanol–water partition coefficient (Wildman–Crippen LogP) is 3.67. The molecule has 1 aromatic rings. The first-order valence-corrected chi connectivity index (χ1v) is 8.16. The Hall–Kier alpha value is -1.79. The highest BCUT2D eigenvalue weighted by Crippen LogP contribution is 2.39. The number of hydrogen-bond donors (Lipinski definition) is 2. The number of carbonyl (C=O) groups is 1. The summed E-state index contributed by atoms with van der Waals surface area (Å²) in [6, 6.07) is 8.16. The molecule has 3 N–H and O–H groups in total. The summed E-state index contributed by atoms with van der Waals surface area (Å²) in [5.74, 6) is 5.77. The lowest BCUT2D eigenvalue weighted by molar-refractivity contribution is -0.143. The first kappa shape index (κ1) is 16.6. The molecule has 0 spiro atoms. The Morgan fingerprint density at radius 1 is 1.45 bits per heavy atom. The van der Waals surface area contributed by atoms with Crippen LogP contribution in [0.25, 0.3) is 0 Å². The van der Waals surface area contributed by atoms with Crippen LogP contribution in [0.3, 0.4) is 0 Å². The smallest absolute Gasteiger partial charge is 0.323 e. The number of benzene rings is 1. The van der Waals surface area contributed by atoms with Crippen LogP contribution in [0.1, 0.15) is 68.9 Å². The van der Waals surface area contributed by atoms with Crippen LogP contribution in [0.4, 0.5) is 0 Å². The number of unbranched alkanes of at least 4 members (excludes halogenated alkanes) is 3. The second-order valence-electron chi connectivity index (χ2n) is 6.29. The molecule has 1 saturated carbocycles. The van der Waals surface area contributed by atoms with Gasteiger partial charge >= 0.3 is 5.97 Å². The molecule has 1 unspecified atom stereocenters. The van der Waals surface area contributed by atoms with Gasteiger partial charge in [-0.15, -0.1) is 0 Å². The van der Waals surface area contributed by atoms with Crippen LogP contribution < -0.4 is 5.73 Å². The zero-order chi connectivity index (χ0) is 16.0. The summed E-state index contributed by atoms with van der Waals surface area (Å²) in [6.45, 7) is 2.19. The Labute approximate surface area is 132 Å². The van der Waals surface area contributed by atoms with Gasteiger partial charge in [0.05, 0.1) is 0 Å². The number of nitrogens with two attached hydrogens (primary N) is 1. The normalized spacial score (nSPS) is 23.8. The third-order valence-corrected chi connectivity index (χ3v) is 4.47. The second kappa shape index (κ2) is 7.47. The highest BCUT2D eigenvalue weighted by Gasteiger charge is 2.42. The van der Waals surface area contributed by atoms with E-state index in [1.165, 1.54) is 12.8 Å². The van der Waals surface area contributed by atoms with Crippen molar-refractivity contribution < 1.29 is 9.90 Å². The fourth-order valence-corrected chi connectivity index (χ4v) is 3.05. The SMILES string of the molecule is CCCCCC#Cc1cccc([C@H]2CCC(N)(C(=O)O)C2)c1. The Bertz CT molecular complexity index is 585. The Morgan fingerprint density at radius 3 is 2.95 bits per heavy atom. The molecule has 0 aliphatic heterocycles. The summed E-state index contributed by atoms with van der Waals surface area (Å²) >= 11 is 0. The minimum absolute atomic E-state index is 0.225. The van der Waals surface area contributed by atoms with Crippen molar-refractivity contribution in [1.82, 2.24) is 0 Å². The van der Waals surface area contributed by atoms with Crippen LogP contribution in [-0.4, -0.2) is 16.6 Å². The summed E-state index contributed by atoms with van der Waals surface area (Å²) in [5, 5.41) is 9.23. The van der Waals surface area contributed by atoms with Crippen LogP contribution in [-0.2, 0) is 4.79 Å². The third-order valence-electron chi connectivity index (χ3n) is 4.47. The summed E-state index contributed by atoms with van der Waals surface area (Å²) < 4.78 is 0. The largest absolute Gasteiger partial charge is 0.480 e. The van der Waals surface area contributed by atoms with E-state index in [9.17, 15) is 9.90 Å². The first-order chi connectivity index (χ1) is 10.5. The van der Waals surface area contributed by atoms with E-state index >= 15 is 0 Å². The van der Waals surface area contributed by atoms with Crippen molar-refractivity contribution in [2.75, 3.05) is 0 Å². The van der Waals surface area contributed by atoms with Crippen molar-refractivity contribution in [2.24, 2.45) is 5.73 Å². The maximum atomic E-state index is 11.2. The van der Waals surface area contributed by atoms with Gasteiger partial charge in [0.15, 0.2) is 0 Å². The van der Waals surface area contributed by atoms with E-state index < -0.39 is 11.5 Å². The Kier molecular flexibility index (Phi) is 5.63. The maximum absolute atomic E-state index is 11.2. The molecule has 1 fully saturated rings. The molecule has 0 radical (unpaired) electrons. The molecule has 0 aromatic heterocycles. The molecule has 0 heterocycles. The number of carboxylic acid groups (broad SMARTS) is 1. The molecule has 22 heavy (non-hydrogen) atoms. The average Bonchev–Trinajstić information content (AvgIpc) is 2.91. The van der Waals surface area contributed by atoms with Crippen molar-refractivity contribution in [3.63, 3.8) is 0 Å². The molecule has 0 amide bonds. The van der Waals surface area contributed by atoms with Crippen molar-refractivity contribution in [1.29, 1.82) is 0 Å². The van der Waals surface area contributed by atoms with Crippen LogP contribution >= 0.6 is 0 Å². The predicted molar refractivity (Wildman–Crippen MR) is 88.6 cm³/mol. The van der Waals surface area contributed by atoms with E-state index in [1.54, 1.807) is 0 Å². The van der Waals surface area contributed by atoms with Gasteiger partial charge in [-0.3, -0.25) is 4.79 Å². The molecule has 3 nitrogen and oxygen atoms in total. The van der Waals surface area contributed by atoms with E-state index in [-0.39, 0.29) is 5.92 Å². The van der Waals surface area contributed by atoms with E-state index in [2.05, 4.69) is 30.9 Å². The molecule has 0 saturated heterocycles. The van der Waals surface area contributed by atoms with Gasteiger partial charge in [0.2, 0.25) is 0 Å². The number of aliphatic carboxylic acids is 1. The minimum atomic E-state index is -1.06. The molecule has 2 rings (SSSR count). The van der Waals surface area contributed by atoms with Crippen LogP contribution in [0.15, 0.2) is 24.3 Å². The number of rotatable bonds is 5. The van der Waals surface area contributed by atoms with Gasteiger partial charge in [0.25, 0.3) is 0 Å². The zero-order valence-corrected chi connectivity index (χ0v) is 13.3. The fourth-order valence-electron chi connectivity index (χ4n) is 3.05. The molecule has 118 valence electrons. The summed E-state index contributed by atoms with van der Waals surface area (Å²) in [5.41, 5.74) is 7.08. The van der Waals surface area contributed by atoms with E-state index in [0.717, 1.165) is 30.4 Å². The Morgan fingerprint density at radius 2 is 2.27 bits per heavy atom. The van der Waals surface area contributed by atoms with E-state index in [1.807, 2.05) is 12.1 Å². The van der Waals surface area contributed by atoms with Gasteiger partial charge in [0.1, 0.15) is 5.54 Å². The van der Waals surface area contributed by atoms with Crippen molar-refractivity contribution in [3.8, 4) is 11.8 Å². The average molecular weight is 299 g/mol. The van der Waals surface area contributed by atoms with Gasteiger partial charge in [0, 0.05) is 12.0 Å². The molecule has 1 aliphatic rings. The van der Waals surface area contributed by atoms with Gasteiger partial charge < -0.3 is 10.8 Å².